The number of nitrogens with zero attached hydrogens (tertiary/aromatic N) is 2. The third-order valence-corrected chi connectivity index (χ3v) is 3.65. The average molecular weight is 330 g/mol. The summed E-state index contributed by atoms with van der Waals surface area (Å²) >= 11 is 0. The van der Waals surface area contributed by atoms with Crippen LogP contribution in [0.15, 0.2) is 90.0 Å². The van der Waals surface area contributed by atoms with Crippen LogP contribution < -0.4 is 9.75 Å². The summed E-state index contributed by atoms with van der Waals surface area (Å²) in [6.07, 6.45) is 1.67. The molecule has 0 N–H and O–H groups in total. The normalized spacial score (nSPS) is 10.6. The lowest BCUT2D eigenvalue weighted by Crippen LogP contribution is -2.25. The maximum absolute atomic E-state index is 12.9. The first-order chi connectivity index (χ1) is 12.3. The molecule has 0 aliphatic carbocycles. The van der Waals surface area contributed by atoms with Crippen LogP contribution in [0.3, 0.4) is 0 Å². The lowest BCUT2D eigenvalue weighted by molar-refractivity contribution is 0.0988. The number of amides is 1. The second-order valence-electron chi connectivity index (χ2n) is 5.34. The van der Waals surface area contributed by atoms with Crippen LogP contribution in [0.4, 0.5) is 5.69 Å². The number of rotatable bonds is 5. The van der Waals surface area contributed by atoms with E-state index in [0.717, 1.165) is 11.3 Å². The number of ether oxygens (including phenoxy) is 1. The predicted octanol–water partition coefficient (Wildman–Crippen LogP) is 4.38. The molecule has 0 bridgehead atoms. The van der Waals surface area contributed by atoms with Crippen molar-refractivity contribution in [3.63, 3.8) is 0 Å². The van der Waals surface area contributed by atoms with E-state index in [4.69, 9.17) is 4.74 Å². The number of hydrogen-bond acceptors (Lipinski definition) is 3. The molecule has 0 saturated carbocycles. The van der Waals surface area contributed by atoms with Gasteiger partial charge < -0.3 is 4.74 Å². The van der Waals surface area contributed by atoms with E-state index in [2.05, 4.69) is 5.10 Å². The van der Waals surface area contributed by atoms with Crippen molar-refractivity contribution in [1.29, 1.82) is 0 Å². The molecule has 0 spiro atoms. The summed E-state index contributed by atoms with van der Waals surface area (Å²) in [6.45, 7) is 0. The van der Waals surface area contributed by atoms with Gasteiger partial charge in [-0.1, -0.05) is 48.5 Å². The van der Waals surface area contributed by atoms with Gasteiger partial charge in [0.25, 0.3) is 5.91 Å². The highest BCUT2D eigenvalue weighted by Gasteiger charge is 2.16. The van der Waals surface area contributed by atoms with Crippen LogP contribution in [0.25, 0.3) is 0 Å². The summed E-state index contributed by atoms with van der Waals surface area (Å²) < 4.78 is 5.18. The van der Waals surface area contributed by atoms with Crippen molar-refractivity contribution in [2.45, 2.75) is 0 Å². The largest absolute Gasteiger partial charge is 0.497 e. The Kier molecular flexibility index (Phi) is 5.22. The molecule has 0 aliphatic heterocycles. The van der Waals surface area contributed by atoms with Crippen molar-refractivity contribution < 1.29 is 9.53 Å². The molecular weight excluding hydrogens is 312 g/mol. The Morgan fingerprint density at radius 2 is 1.48 bits per heavy atom. The van der Waals surface area contributed by atoms with E-state index in [9.17, 15) is 4.79 Å². The lowest BCUT2D eigenvalue weighted by Gasteiger charge is -2.17. The highest BCUT2D eigenvalue weighted by molar-refractivity contribution is 6.06. The molecule has 0 unspecified atom stereocenters. The molecule has 25 heavy (non-hydrogen) atoms. The van der Waals surface area contributed by atoms with Gasteiger partial charge in [0, 0.05) is 5.56 Å². The molecule has 4 heteroatoms. The molecule has 3 aromatic carbocycles. The van der Waals surface area contributed by atoms with Gasteiger partial charge in [0.15, 0.2) is 0 Å². The van der Waals surface area contributed by atoms with Gasteiger partial charge in [0.2, 0.25) is 0 Å². The van der Waals surface area contributed by atoms with Gasteiger partial charge in [-0.25, -0.2) is 0 Å². The molecule has 0 aliphatic rings. The smallest absolute Gasteiger partial charge is 0.278 e. The fraction of sp³-hybridized carbons (Fsp3) is 0.0476. The van der Waals surface area contributed by atoms with Gasteiger partial charge in [-0.3, -0.25) is 4.79 Å². The number of hydrogen-bond donors (Lipinski definition) is 0. The fourth-order valence-corrected chi connectivity index (χ4v) is 2.33. The van der Waals surface area contributed by atoms with E-state index in [-0.39, 0.29) is 5.91 Å². The molecular formula is C21H18N2O2. The number of carbonyl (C=O) groups is 1. The second-order valence-corrected chi connectivity index (χ2v) is 5.34. The van der Waals surface area contributed by atoms with E-state index < -0.39 is 0 Å². The fourth-order valence-electron chi connectivity index (χ4n) is 2.33. The predicted molar refractivity (Wildman–Crippen MR) is 100 cm³/mol. The summed E-state index contributed by atoms with van der Waals surface area (Å²) in [6, 6.07) is 26.0. The molecule has 124 valence electrons. The summed E-state index contributed by atoms with van der Waals surface area (Å²) in [4.78, 5) is 12.9. The van der Waals surface area contributed by atoms with E-state index in [0.29, 0.717) is 11.3 Å². The van der Waals surface area contributed by atoms with Crippen LogP contribution in [0.5, 0.6) is 5.75 Å². The summed E-state index contributed by atoms with van der Waals surface area (Å²) in [5, 5.41) is 5.80. The minimum atomic E-state index is -0.196. The molecule has 3 rings (SSSR count). The lowest BCUT2D eigenvalue weighted by atomic mass is 10.2. The molecule has 0 saturated heterocycles. The van der Waals surface area contributed by atoms with E-state index >= 15 is 0 Å². The third-order valence-electron chi connectivity index (χ3n) is 3.65. The Hall–Kier alpha value is -3.40. The molecule has 0 radical (unpaired) electrons. The summed E-state index contributed by atoms with van der Waals surface area (Å²) in [5.41, 5.74) is 2.16. The van der Waals surface area contributed by atoms with E-state index in [1.807, 2.05) is 60.7 Å². The Bertz CT molecular complexity index is 844. The second kappa shape index (κ2) is 7.93. The van der Waals surface area contributed by atoms with Crippen LogP contribution in [0.2, 0.25) is 0 Å². The third kappa shape index (κ3) is 4.12. The highest BCUT2D eigenvalue weighted by atomic mass is 16.5. The first-order valence-electron chi connectivity index (χ1n) is 7.90. The average Bonchev–Trinajstić information content (AvgIpc) is 2.70. The number of benzene rings is 3. The van der Waals surface area contributed by atoms with Gasteiger partial charge in [0.1, 0.15) is 5.75 Å². The molecule has 4 nitrogen and oxygen atoms in total. The number of anilines is 1. The van der Waals surface area contributed by atoms with Crippen LogP contribution in [0, 0.1) is 0 Å². The molecule has 0 atom stereocenters. The van der Waals surface area contributed by atoms with Gasteiger partial charge in [-0.05, 0) is 42.0 Å². The topological polar surface area (TPSA) is 41.9 Å². The van der Waals surface area contributed by atoms with Crippen molar-refractivity contribution in [1.82, 2.24) is 0 Å². The van der Waals surface area contributed by atoms with E-state index in [1.54, 1.807) is 37.6 Å². The van der Waals surface area contributed by atoms with Gasteiger partial charge in [-0.2, -0.15) is 10.1 Å². The number of carbonyl (C=O) groups excluding carboxylic acids is 1. The monoisotopic (exact) mass is 330 g/mol. The zero-order chi connectivity index (χ0) is 17.5. The van der Waals surface area contributed by atoms with Crippen LogP contribution in [-0.4, -0.2) is 19.2 Å². The highest BCUT2D eigenvalue weighted by Crippen LogP contribution is 2.21. The first kappa shape index (κ1) is 16.5. The minimum Gasteiger partial charge on any atom is -0.497 e. The van der Waals surface area contributed by atoms with Crippen molar-refractivity contribution in [3.8, 4) is 5.75 Å². The molecule has 0 aromatic heterocycles. The number of methoxy groups -OCH3 is 1. The van der Waals surface area contributed by atoms with Crippen molar-refractivity contribution in [2.75, 3.05) is 12.1 Å². The zero-order valence-corrected chi connectivity index (χ0v) is 13.9. The summed E-state index contributed by atoms with van der Waals surface area (Å²) in [5.74, 6) is 0.529. The maximum Gasteiger partial charge on any atom is 0.278 e. The summed E-state index contributed by atoms with van der Waals surface area (Å²) in [7, 11) is 1.61. The van der Waals surface area contributed by atoms with Crippen molar-refractivity contribution in [2.24, 2.45) is 5.10 Å². The van der Waals surface area contributed by atoms with Crippen molar-refractivity contribution in [3.05, 3.63) is 96.1 Å². The zero-order valence-electron chi connectivity index (χ0n) is 13.9. The van der Waals surface area contributed by atoms with Gasteiger partial charge in [0.05, 0.1) is 19.0 Å². The number of hydrazone groups is 1. The Morgan fingerprint density at radius 1 is 0.880 bits per heavy atom. The molecule has 1 amide bonds. The van der Waals surface area contributed by atoms with Crippen LogP contribution in [0.1, 0.15) is 15.9 Å². The molecule has 3 aromatic rings. The maximum atomic E-state index is 12.9. The first-order valence-corrected chi connectivity index (χ1v) is 7.90. The van der Waals surface area contributed by atoms with Crippen LogP contribution >= 0.6 is 0 Å². The van der Waals surface area contributed by atoms with Crippen molar-refractivity contribution >= 4 is 17.8 Å². The van der Waals surface area contributed by atoms with Gasteiger partial charge >= 0.3 is 0 Å². The molecule has 0 fully saturated rings. The standard InChI is InChI=1S/C21H18N2O2/c1-25-20-14-12-19(13-15-20)23(21(24)18-10-6-3-7-11-18)22-16-17-8-4-2-5-9-17/h2-16H,1H3. The van der Waals surface area contributed by atoms with E-state index in [1.165, 1.54) is 5.01 Å². The Morgan fingerprint density at radius 3 is 2.08 bits per heavy atom. The van der Waals surface area contributed by atoms with Gasteiger partial charge in [-0.15, -0.1) is 0 Å². The Labute approximate surface area is 147 Å². The minimum absolute atomic E-state index is 0.196. The Balaban J connectivity index is 1.95. The quantitative estimate of drug-likeness (QED) is 0.515. The SMILES string of the molecule is COc1ccc(N(N=Cc2ccccc2)C(=O)c2ccccc2)cc1. The van der Waals surface area contributed by atoms with Crippen LogP contribution in [-0.2, 0) is 0 Å². The molecule has 0 heterocycles.